The smallest absolute Gasteiger partial charge is 0.0731 e. The summed E-state index contributed by atoms with van der Waals surface area (Å²) in [7, 11) is 0. The van der Waals surface area contributed by atoms with Gasteiger partial charge in [-0.1, -0.05) is 48.2 Å². The number of ether oxygens (including phenoxy) is 1. The minimum Gasteiger partial charge on any atom is -0.375 e. The molecule has 1 heterocycles. The number of hydrogen-bond donors (Lipinski definition) is 1. The quantitative estimate of drug-likeness (QED) is 0.920. The Morgan fingerprint density at radius 1 is 1.29 bits per heavy atom. The van der Waals surface area contributed by atoms with E-state index >= 15 is 0 Å². The molecule has 1 aromatic rings. The molecule has 1 aliphatic carbocycles. The second-order valence-electron chi connectivity index (χ2n) is 5.89. The molecule has 21 heavy (non-hydrogen) atoms. The summed E-state index contributed by atoms with van der Waals surface area (Å²) in [4.78, 5) is 2.49. The standard InChI is InChI=1S/C16H22Cl2N2O/c17-12-5-3-4-11(16(12)18)14(10-19)20-8-9-21-15-7-2-1-6-13(15)20/h3-5,13-15H,1-2,6-10,19H2. The predicted molar refractivity (Wildman–Crippen MR) is 87.0 cm³/mol. The van der Waals surface area contributed by atoms with Gasteiger partial charge in [-0.05, 0) is 24.5 Å². The molecule has 3 nitrogen and oxygen atoms in total. The van der Waals surface area contributed by atoms with Gasteiger partial charge in [0.2, 0.25) is 0 Å². The van der Waals surface area contributed by atoms with E-state index in [-0.39, 0.29) is 6.04 Å². The van der Waals surface area contributed by atoms with Gasteiger partial charge in [-0.25, -0.2) is 0 Å². The van der Waals surface area contributed by atoms with Crippen molar-refractivity contribution >= 4 is 23.2 Å². The molecule has 0 aromatic heterocycles. The highest BCUT2D eigenvalue weighted by molar-refractivity contribution is 6.42. The molecule has 5 heteroatoms. The lowest BCUT2D eigenvalue weighted by atomic mass is 9.88. The Morgan fingerprint density at radius 3 is 2.90 bits per heavy atom. The van der Waals surface area contributed by atoms with Gasteiger partial charge in [0.25, 0.3) is 0 Å². The fraction of sp³-hybridized carbons (Fsp3) is 0.625. The molecule has 116 valence electrons. The van der Waals surface area contributed by atoms with Crippen LogP contribution in [-0.2, 0) is 4.74 Å². The lowest BCUT2D eigenvalue weighted by Crippen LogP contribution is -2.54. The lowest BCUT2D eigenvalue weighted by molar-refractivity contribution is -0.102. The Kier molecular flexibility index (Phi) is 5.07. The van der Waals surface area contributed by atoms with Crippen molar-refractivity contribution in [1.82, 2.24) is 4.90 Å². The minimum absolute atomic E-state index is 0.116. The molecular formula is C16H22Cl2N2O. The highest BCUT2D eigenvalue weighted by Gasteiger charge is 2.38. The Balaban J connectivity index is 1.89. The summed E-state index contributed by atoms with van der Waals surface area (Å²) < 4.78 is 5.96. The molecular weight excluding hydrogens is 307 g/mol. The maximum Gasteiger partial charge on any atom is 0.0731 e. The van der Waals surface area contributed by atoms with Crippen LogP contribution in [0.2, 0.25) is 10.0 Å². The van der Waals surface area contributed by atoms with Gasteiger partial charge in [0.1, 0.15) is 0 Å². The van der Waals surface area contributed by atoms with E-state index in [9.17, 15) is 0 Å². The first-order valence-electron chi connectivity index (χ1n) is 7.73. The Morgan fingerprint density at radius 2 is 2.10 bits per heavy atom. The first kappa shape index (κ1) is 15.6. The molecule has 1 aromatic carbocycles. The molecule has 2 fully saturated rings. The molecule has 1 aliphatic heterocycles. The Labute approximate surface area is 136 Å². The van der Waals surface area contributed by atoms with Gasteiger partial charge in [-0.3, -0.25) is 4.90 Å². The van der Waals surface area contributed by atoms with Crippen LogP contribution < -0.4 is 5.73 Å². The SMILES string of the molecule is NCC(c1cccc(Cl)c1Cl)N1CCOC2CCCCC21. The fourth-order valence-corrected chi connectivity index (χ4v) is 4.17. The first-order chi connectivity index (χ1) is 10.2. The zero-order valence-electron chi connectivity index (χ0n) is 12.1. The maximum absolute atomic E-state index is 6.42. The highest BCUT2D eigenvalue weighted by atomic mass is 35.5. The molecule has 3 rings (SSSR count). The molecule has 3 atom stereocenters. The van der Waals surface area contributed by atoms with E-state index in [4.69, 9.17) is 33.7 Å². The second kappa shape index (κ2) is 6.84. The summed E-state index contributed by atoms with van der Waals surface area (Å²) in [6.45, 7) is 2.23. The second-order valence-corrected chi connectivity index (χ2v) is 6.68. The van der Waals surface area contributed by atoms with Crippen LogP contribution in [0.3, 0.4) is 0 Å². The number of benzene rings is 1. The molecule has 0 radical (unpaired) electrons. The summed E-state index contributed by atoms with van der Waals surface area (Å²) in [5.41, 5.74) is 7.13. The topological polar surface area (TPSA) is 38.5 Å². The number of fused-ring (bicyclic) bond motifs is 1. The van der Waals surface area contributed by atoms with E-state index in [0.29, 0.717) is 28.7 Å². The normalized spacial score (nSPS) is 28.1. The largest absolute Gasteiger partial charge is 0.375 e. The number of halogens is 2. The van der Waals surface area contributed by atoms with Crippen molar-refractivity contribution in [3.8, 4) is 0 Å². The number of nitrogens with zero attached hydrogens (tertiary/aromatic N) is 1. The van der Waals surface area contributed by atoms with Crippen LogP contribution >= 0.6 is 23.2 Å². The molecule has 0 spiro atoms. The highest BCUT2D eigenvalue weighted by Crippen LogP contribution is 2.37. The van der Waals surface area contributed by atoms with E-state index in [1.165, 1.54) is 19.3 Å². The van der Waals surface area contributed by atoms with Crippen molar-refractivity contribution in [2.75, 3.05) is 19.7 Å². The van der Waals surface area contributed by atoms with Crippen molar-refractivity contribution in [1.29, 1.82) is 0 Å². The number of morpholine rings is 1. The fourth-order valence-electron chi connectivity index (χ4n) is 3.73. The van der Waals surface area contributed by atoms with Gasteiger partial charge in [-0.2, -0.15) is 0 Å². The summed E-state index contributed by atoms with van der Waals surface area (Å²) in [5, 5.41) is 1.23. The maximum atomic E-state index is 6.42. The van der Waals surface area contributed by atoms with Crippen LogP contribution in [-0.4, -0.2) is 36.7 Å². The van der Waals surface area contributed by atoms with E-state index in [1.54, 1.807) is 0 Å². The van der Waals surface area contributed by atoms with E-state index < -0.39 is 0 Å². The third-order valence-electron chi connectivity index (χ3n) is 4.74. The van der Waals surface area contributed by atoms with E-state index in [0.717, 1.165) is 25.1 Å². The van der Waals surface area contributed by atoms with Crippen LogP contribution in [0.25, 0.3) is 0 Å². The number of rotatable bonds is 3. The predicted octanol–water partition coefficient (Wildman–Crippen LogP) is 3.64. The van der Waals surface area contributed by atoms with Crippen LogP contribution in [0.5, 0.6) is 0 Å². The number of hydrogen-bond acceptors (Lipinski definition) is 3. The Bertz CT molecular complexity index is 495. The Hall–Kier alpha value is -0.320. The van der Waals surface area contributed by atoms with Crippen molar-refractivity contribution in [2.45, 2.75) is 43.9 Å². The van der Waals surface area contributed by atoms with Crippen molar-refractivity contribution in [2.24, 2.45) is 5.73 Å². The molecule has 0 amide bonds. The van der Waals surface area contributed by atoms with Crippen molar-refractivity contribution in [3.63, 3.8) is 0 Å². The average molecular weight is 329 g/mol. The van der Waals surface area contributed by atoms with Gasteiger partial charge < -0.3 is 10.5 Å². The van der Waals surface area contributed by atoms with Crippen LogP contribution in [0.15, 0.2) is 18.2 Å². The average Bonchev–Trinajstić information content (AvgIpc) is 2.52. The lowest BCUT2D eigenvalue weighted by Gasteiger charge is -2.47. The zero-order chi connectivity index (χ0) is 14.8. The van der Waals surface area contributed by atoms with Crippen molar-refractivity contribution < 1.29 is 4.74 Å². The first-order valence-corrected chi connectivity index (χ1v) is 8.49. The molecule has 2 N–H and O–H groups in total. The van der Waals surface area contributed by atoms with Gasteiger partial charge in [-0.15, -0.1) is 0 Å². The third-order valence-corrected chi connectivity index (χ3v) is 5.57. The van der Waals surface area contributed by atoms with E-state index in [2.05, 4.69) is 4.90 Å². The van der Waals surface area contributed by atoms with Gasteiger partial charge >= 0.3 is 0 Å². The molecule has 1 saturated heterocycles. The van der Waals surface area contributed by atoms with Gasteiger partial charge in [0.15, 0.2) is 0 Å². The monoisotopic (exact) mass is 328 g/mol. The minimum atomic E-state index is 0.116. The van der Waals surface area contributed by atoms with Crippen LogP contribution in [0, 0.1) is 0 Å². The molecule has 1 saturated carbocycles. The molecule has 0 bridgehead atoms. The number of nitrogens with two attached hydrogens (primary N) is 1. The van der Waals surface area contributed by atoms with E-state index in [1.807, 2.05) is 18.2 Å². The van der Waals surface area contributed by atoms with Crippen molar-refractivity contribution in [3.05, 3.63) is 33.8 Å². The summed E-state index contributed by atoms with van der Waals surface area (Å²) in [6.07, 6.45) is 5.21. The zero-order valence-corrected chi connectivity index (χ0v) is 13.6. The summed E-state index contributed by atoms with van der Waals surface area (Å²) in [6, 6.07) is 6.38. The summed E-state index contributed by atoms with van der Waals surface area (Å²) in [5.74, 6) is 0. The summed E-state index contributed by atoms with van der Waals surface area (Å²) >= 11 is 12.6. The molecule has 2 aliphatic rings. The third kappa shape index (κ3) is 3.08. The van der Waals surface area contributed by atoms with Crippen LogP contribution in [0.1, 0.15) is 37.3 Å². The molecule has 3 unspecified atom stereocenters. The van der Waals surface area contributed by atoms with Gasteiger partial charge in [0.05, 0.1) is 22.8 Å². The van der Waals surface area contributed by atoms with Gasteiger partial charge in [0, 0.05) is 25.2 Å². The van der Waals surface area contributed by atoms with Crippen LogP contribution in [0.4, 0.5) is 0 Å².